The second kappa shape index (κ2) is 9.17. The van der Waals surface area contributed by atoms with Crippen LogP contribution >= 0.6 is 0 Å². The summed E-state index contributed by atoms with van der Waals surface area (Å²) in [5.41, 5.74) is 0. The van der Waals surface area contributed by atoms with Gasteiger partial charge in [-0.05, 0) is 13.3 Å². The van der Waals surface area contributed by atoms with Crippen molar-refractivity contribution >= 4 is 0 Å². The van der Waals surface area contributed by atoms with Crippen molar-refractivity contribution in [3.8, 4) is 0 Å². The molecule has 1 atom stereocenters. The normalized spacial score (nSPS) is 15.2. The first-order valence-corrected chi connectivity index (χ1v) is 6.40. The van der Waals surface area contributed by atoms with E-state index in [9.17, 15) is 5.11 Å². The van der Waals surface area contributed by atoms with Crippen LogP contribution in [0.1, 0.15) is 71.6 Å². The van der Waals surface area contributed by atoms with Crippen molar-refractivity contribution < 1.29 is 9.84 Å². The molecule has 0 saturated heterocycles. The van der Waals surface area contributed by atoms with Gasteiger partial charge in [-0.25, -0.2) is 0 Å². The number of hydrogen-bond donors (Lipinski definition) is 1. The Hall–Kier alpha value is -0.0800. The van der Waals surface area contributed by atoms with E-state index in [1.165, 1.54) is 44.9 Å². The van der Waals surface area contributed by atoms with Gasteiger partial charge in [-0.2, -0.15) is 0 Å². The van der Waals surface area contributed by atoms with Crippen LogP contribution in [0, 0.1) is 0 Å². The summed E-state index contributed by atoms with van der Waals surface area (Å²) in [5, 5.41) is 9.57. The molecule has 0 amide bonds. The van der Waals surface area contributed by atoms with E-state index in [2.05, 4.69) is 6.92 Å². The molecule has 0 radical (unpaired) electrons. The lowest BCUT2D eigenvalue weighted by atomic mass is 10.0. The predicted molar refractivity (Wildman–Crippen MR) is 64.9 cm³/mol. The quantitative estimate of drug-likeness (QED) is 0.443. The number of unbranched alkanes of at least 4 members (excludes halogenated alkanes) is 7. The van der Waals surface area contributed by atoms with Crippen molar-refractivity contribution in [1.29, 1.82) is 0 Å². The number of ether oxygens (including phenoxy) is 1. The lowest BCUT2D eigenvalue weighted by Crippen LogP contribution is -2.25. The van der Waals surface area contributed by atoms with Gasteiger partial charge < -0.3 is 9.84 Å². The van der Waals surface area contributed by atoms with E-state index in [4.69, 9.17) is 4.74 Å². The van der Waals surface area contributed by atoms with Gasteiger partial charge in [0.2, 0.25) is 0 Å². The van der Waals surface area contributed by atoms with Crippen molar-refractivity contribution in [2.45, 2.75) is 77.4 Å². The molecule has 15 heavy (non-hydrogen) atoms. The van der Waals surface area contributed by atoms with E-state index in [1.54, 1.807) is 14.0 Å². The molecule has 0 saturated carbocycles. The van der Waals surface area contributed by atoms with Crippen LogP contribution in [0.5, 0.6) is 0 Å². The minimum atomic E-state index is -0.914. The monoisotopic (exact) mass is 216 g/mol. The number of hydrogen-bond acceptors (Lipinski definition) is 2. The van der Waals surface area contributed by atoms with Gasteiger partial charge in [-0.15, -0.1) is 0 Å². The highest BCUT2D eigenvalue weighted by molar-refractivity contribution is 4.58. The van der Waals surface area contributed by atoms with Crippen LogP contribution < -0.4 is 0 Å². The summed E-state index contributed by atoms with van der Waals surface area (Å²) in [7, 11) is 1.56. The highest BCUT2D eigenvalue weighted by atomic mass is 16.6. The maximum Gasteiger partial charge on any atom is 0.162 e. The molecule has 0 aliphatic heterocycles. The second-order valence-corrected chi connectivity index (χ2v) is 4.60. The molecule has 1 unspecified atom stereocenters. The first-order chi connectivity index (χ1) is 7.12. The van der Waals surface area contributed by atoms with Crippen molar-refractivity contribution in [2.24, 2.45) is 0 Å². The third kappa shape index (κ3) is 10.2. The van der Waals surface area contributed by atoms with Gasteiger partial charge in [-0.1, -0.05) is 51.9 Å². The Labute approximate surface area is 95.0 Å². The van der Waals surface area contributed by atoms with Gasteiger partial charge >= 0.3 is 0 Å². The predicted octanol–water partition coefficient (Wildman–Crippen LogP) is 3.87. The van der Waals surface area contributed by atoms with Crippen LogP contribution in [-0.4, -0.2) is 18.0 Å². The first-order valence-electron chi connectivity index (χ1n) is 6.40. The molecule has 0 spiro atoms. The van der Waals surface area contributed by atoms with Gasteiger partial charge in [0.05, 0.1) is 0 Å². The third-order valence-corrected chi connectivity index (χ3v) is 2.93. The largest absolute Gasteiger partial charge is 0.366 e. The Balaban J connectivity index is 3.11. The topological polar surface area (TPSA) is 29.5 Å². The molecule has 0 aliphatic rings. The minimum Gasteiger partial charge on any atom is -0.366 e. The van der Waals surface area contributed by atoms with Crippen LogP contribution in [0.4, 0.5) is 0 Å². The number of aliphatic hydroxyl groups is 1. The zero-order valence-electron chi connectivity index (χ0n) is 10.7. The Morgan fingerprint density at radius 2 is 1.40 bits per heavy atom. The maximum atomic E-state index is 9.57. The molecule has 2 heteroatoms. The Morgan fingerprint density at radius 1 is 0.933 bits per heavy atom. The summed E-state index contributed by atoms with van der Waals surface area (Å²) in [6, 6.07) is 0. The lowest BCUT2D eigenvalue weighted by Gasteiger charge is -2.20. The van der Waals surface area contributed by atoms with Gasteiger partial charge in [0.1, 0.15) is 0 Å². The molecule has 0 rings (SSSR count). The van der Waals surface area contributed by atoms with Crippen LogP contribution in [0.15, 0.2) is 0 Å². The van der Waals surface area contributed by atoms with E-state index < -0.39 is 5.79 Å². The standard InChI is InChI=1S/C13H28O2/c1-4-5-6-7-8-9-10-11-12-13(2,14)15-3/h14H,4-12H2,1-3H3. The van der Waals surface area contributed by atoms with E-state index >= 15 is 0 Å². The van der Waals surface area contributed by atoms with Crippen LogP contribution in [0.3, 0.4) is 0 Å². The molecule has 0 aromatic heterocycles. The molecule has 0 aromatic carbocycles. The van der Waals surface area contributed by atoms with Crippen molar-refractivity contribution in [3.05, 3.63) is 0 Å². The lowest BCUT2D eigenvalue weighted by molar-refractivity contribution is -0.175. The summed E-state index contributed by atoms with van der Waals surface area (Å²) in [6.07, 6.45) is 11.1. The Bertz CT molecular complexity index is 132. The molecule has 0 fully saturated rings. The average Bonchev–Trinajstić information content (AvgIpc) is 2.22. The van der Waals surface area contributed by atoms with E-state index in [0.29, 0.717) is 0 Å². The maximum absolute atomic E-state index is 9.57. The molecular weight excluding hydrogens is 188 g/mol. The Morgan fingerprint density at radius 3 is 1.87 bits per heavy atom. The fourth-order valence-electron chi connectivity index (χ4n) is 1.69. The minimum absolute atomic E-state index is 0.748. The molecular formula is C13H28O2. The SMILES string of the molecule is CCCCCCCCCCC(C)(O)OC. The third-order valence-electron chi connectivity index (χ3n) is 2.93. The summed E-state index contributed by atoms with van der Waals surface area (Å²) in [4.78, 5) is 0. The highest BCUT2D eigenvalue weighted by Crippen LogP contribution is 2.16. The second-order valence-electron chi connectivity index (χ2n) is 4.60. The van der Waals surface area contributed by atoms with Crippen molar-refractivity contribution in [1.82, 2.24) is 0 Å². The smallest absolute Gasteiger partial charge is 0.162 e. The first kappa shape index (κ1) is 14.9. The van der Waals surface area contributed by atoms with Crippen molar-refractivity contribution in [3.63, 3.8) is 0 Å². The number of methoxy groups -OCH3 is 1. The summed E-state index contributed by atoms with van der Waals surface area (Å²) in [6.45, 7) is 3.97. The highest BCUT2D eigenvalue weighted by Gasteiger charge is 2.17. The van der Waals surface area contributed by atoms with E-state index in [0.717, 1.165) is 12.8 Å². The fraction of sp³-hybridized carbons (Fsp3) is 1.00. The Kier molecular flexibility index (Phi) is 9.12. The van der Waals surface area contributed by atoms with Crippen LogP contribution in [0.25, 0.3) is 0 Å². The van der Waals surface area contributed by atoms with Gasteiger partial charge in [0.25, 0.3) is 0 Å². The van der Waals surface area contributed by atoms with Crippen molar-refractivity contribution in [2.75, 3.05) is 7.11 Å². The van der Waals surface area contributed by atoms with E-state index in [1.807, 2.05) is 0 Å². The molecule has 0 heterocycles. The van der Waals surface area contributed by atoms with Gasteiger partial charge in [0, 0.05) is 13.5 Å². The molecule has 92 valence electrons. The average molecular weight is 216 g/mol. The molecule has 0 aromatic rings. The molecule has 0 bridgehead atoms. The zero-order chi connectivity index (χ0) is 11.6. The van der Waals surface area contributed by atoms with Crippen LogP contribution in [0.2, 0.25) is 0 Å². The molecule has 2 nitrogen and oxygen atoms in total. The molecule has 0 aliphatic carbocycles. The summed E-state index contributed by atoms with van der Waals surface area (Å²) < 4.78 is 4.95. The zero-order valence-corrected chi connectivity index (χ0v) is 10.7. The van der Waals surface area contributed by atoms with E-state index in [-0.39, 0.29) is 0 Å². The summed E-state index contributed by atoms with van der Waals surface area (Å²) in [5.74, 6) is -0.914. The van der Waals surface area contributed by atoms with Gasteiger partial charge in [0.15, 0.2) is 5.79 Å². The fourth-order valence-corrected chi connectivity index (χ4v) is 1.69. The summed E-state index contributed by atoms with van der Waals surface area (Å²) >= 11 is 0. The number of rotatable bonds is 10. The van der Waals surface area contributed by atoms with Gasteiger partial charge in [-0.3, -0.25) is 0 Å². The molecule has 1 N–H and O–H groups in total. The van der Waals surface area contributed by atoms with Crippen LogP contribution in [-0.2, 0) is 4.74 Å².